The van der Waals surface area contributed by atoms with Crippen LogP contribution in [0, 0.1) is 11.8 Å². The number of fused-ring (bicyclic) bond motifs is 1. The molecular weight excluding hydrogens is 301 g/mol. The van der Waals surface area contributed by atoms with Crippen LogP contribution in [0.4, 0.5) is 0 Å². The number of rotatable bonds is 3. The summed E-state index contributed by atoms with van der Waals surface area (Å²) in [5.74, 6) is 1.38. The fraction of sp³-hybridized carbons (Fsp3) is 0.261. The van der Waals surface area contributed by atoms with E-state index in [0.29, 0.717) is 11.8 Å². The second-order valence-corrected chi connectivity index (χ2v) is 7.52. The number of hydrogen-bond donors (Lipinski definition) is 0. The fourth-order valence-electron chi connectivity index (χ4n) is 4.79. The number of pyridine rings is 1. The lowest BCUT2D eigenvalue weighted by atomic mass is 9.45. The highest BCUT2D eigenvalue weighted by Gasteiger charge is 2.55. The lowest BCUT2D eigenvalue weighted by Crippen LogP contribution is -2.47. The summed E-state index contributed by atoms with van der Waals surface area (Å²) in [5, 5.41) is -0.0616. The molecule has 3 fully saturated rings. The van der Waals surface area contributed by atoms with E-state index >= 15 is 0 Å². The molecule has 0 saturated heterocycles. The van der Waals surface area contributed by atoms with Gasteiger partial charge in [0.1, 0.15) is 0 Å². The molecular formula is C23H20BN. The van der Waals surface area contributed by atoms with E-state index in [0.717, 1.165) is 16.8 Å². The fourth-order valence-corrected chi connectivity index (χ4v) is 4.79. The summed E-state index contributed by atoms with van der Waals surface area (Å²) in [6, 6.07) is 23.4. The van der Waals surface area contributed by atoms with Crippen molar-refractivity contribution < 1.29 is 0 Å². The van der Waals surface area contributed by atoms with Crippen molar-refractivity contribution in [1.29, 1.82) is 0 Å². The molecule has 3 aromatic rings. The largest absolute Gasteiger partial charge is 0.256 e. The molecule has 1 heterocycles. The van der Waals surface area contributed by atoms with E-state index in [2.05, 4.69) is 53.5 Å². The SMILES string of the molecule is [B]C1(c2ccc(-c3ccc(-c4ccccc4)nc3)cc2)C2CCC1C2. The summed E-state index contributed by atoms with van der Waals surface area (Å²) < 4.78 is 0. The van der Waals surface area contributed by atoms with Gasteiger partial charge in [0.2, 0.25) is 0 Å². The van der Waals surface area contributed by atoms with Crippen molar-refractivity contribution in [1.82, 2.24) is 4.98 Å². The van der Waals surface area contributed by atoms with Gasteiger partial charge < -0.3 is 0 Å². The minimum absolute atomic E-state index is 0.0616. The topological polar surface area (TPSA) is 12.9 Å². The van der Waals surface area contributed by atoms with E-state index in [9.17, 15) is 0 Å². The third-order valence-electron chi connectivity index (χ3n) is 6.33. The minimum atomic E-state index is -0.0616. The zero-order valence-corrected chi connectivity index (χ0v) is 14.2. The second-order valence-electron chi connectivity index (χ2n) is 7.52. The minimum Gasteiger partial charge on any atom is -0.256 e. The molecule has 3 aliphatic rings. The van der Waals surface area contributed by atoms with Crippen LogP contribution in [-0.2, 0) is 5.31 Å². The van der Waals surface area contributed by atoms with Gasteiger partial charge in [0.25, 0.3) is 0 Å². The van der Waals surface area contributed by atoms with Gasteiger partial charge in [0.05, 0.1) is 13.5 Å². The Morgan fingerprint density at radius 3 is 2.04 bits per heavy atom. The zero-order chi connectivity index (χ0) is 16.9. The van der Waals surface area contributed by atoms with E-state index in [4.69, 9.17) is 7.85 Å². The van der Waals surface area contributed by atoms with Crippen molar-refractivity contribution in [3.63, 3.8) is 0 Å². The van der Waals surface area contributed by atoms with Gasteiger partial charge in [-0.1, -0.05) is 73.5 Å². The molecule has 120 valence electrons. The van der Waals surface area contributed by atoms with Crippen LogP contribution in [0.3, 0.4) is 0 Å². The Morgan fingerprint density at radius 2 is 1.44 bits per heavy atom. The zero-order valence-electron chi connectivity index (χ0n) is 14.2. The Bertz CT molecular complexity index is 870. The van der Waals surface area contributed by atoms with Gasteiger partial charge in [-0.25, -0.2) is 0 Å². The first-order valence-corrected chi connectivity index (χ1v) is 9.16. The quantitative estimate of drug-likeness (QED) is 0.604. The molecule has 2 bridgehead atoms. The molecule has 2 heteroatoms. The first-order valence-electron chi connectivity index (χ1n) is 9.16. The summed E-state index contributed by atoms with van der Waals surface area (Å²) >= 11 is 0. The van der Waals surface area contributed by atoms with Crippen molar-refractivity contribution in [3.8, 4) is 22.4 Å². The summed E-state index contributed by atoms with van der Waals surface area (Å²) in [7, 11) is 6.73. The maximum Gasteiger partial charge on any atom is 0.0818 e. The van der Waals surface area contributed by atoms with Gasteiger partial charge in [-0.15, -0.1) is 0 Å². The van der Waals surface area contributed by atoms with Gasteiger partial charge in [0.15, 0.2) is 0 Å². The molecule has 0 amide bonds. The van der Waals surface area contributed by atoms with Gasteiger partial charge >= 0.3 is 0 Å². The number of benzene rings is 2. The van der Waals surface area contributed by atoms with Gasteiger partial charge in [-0.05, 0) is 40.8 Å². The summed E-state index contributed by atoms with van der Waals surface area (Å²) in [6.07, 6.45) is 5.88. The average Bonchev–Trinajstić information content (AvgIpc) is 3.32. The van der Waals surface area contributed by atoms with Crippen molar-refractivity contribution >= 4 is 7.85 Å². The van der Waals surface area contributed by atoms with Gasteiger partial charge in [-0.2, -0.15) is 0 Å². The molecule has 0 spiro atoms. The number of aromatic nitrogens is 1. The van der Waals surface area contributed by atoms with Crippen molar-refractivity contribution in [3.05, 3.63) is 78.5 Å². The van der Waals surface area contributed by atoms with Crippen molar-refractivity contribution in [2.45, 2.75) is 24.6 Å². The Balaban J connectivity index is 1.41. The highest BCUT2D eigenvalue weighted by Crippen LogP contribution is 2.61. The molecule has 1 aromatic heterocycles. The highest BCUT2D eigenvalue weighted by molar-refractivity contribution is 6.17. The molecule has 1 nitrogen and oxygen atoms in total. The third-order valence-corrected chi connectivity index (χ3v) is 6.33. The summed E-state index contributed by atoms with van der Waals surface area (Å²) in [4.78, 5) is 4.63. The normalized spacial score (nSPS) is 27.0. The molecule has 2 aromatic carbocycles. The molecule has 25 heavy (non-hydrogen) atoms. The maximum atomic E-state index is 6.73. The highest BCUT2D eigenvalue weighted by atomic mass is 14.7. The van der Waals surface area contributed by atoms with E-state index in [-0.39, 0.29) is 5.31 Å². The van der Waals surface area contributed by atoms with Crippen LogP contribution in [0.15, 0.2) is 72.9 Å². The molecule has 2 radical (unpaired) electrons. The van der Waals surface area contributed by atoms with Crippen LogP contribution in [-0.4, -0.2) is 12.8 Å². The Hall–Kier alpha value is -2.35. The molecule has 3 saturated carbocycles. The molecule has 0 N–H and O–H groups in total. The van der Waals surface area contributed by atoms with E-state index in [1.54, 1.807) is 0 Å². The van der Waals surface area contributed by atoms with Gasteiger partial charge in [0, 0.05) is 17.3 Å². The number of nitrogens with zero attached hydrogens (tertiary/aromatic N) is 1. The van der Waals surface area contributed by atoms with Gasteiger partial charge in [-0.3, -0.25) is 4.98 Å². The smallest absolute Gasteiger partial charge is 0.0818 e. The molecule has 0 aliphatic heterocycles. The Kier molecular flexibility index (Phi) is 3.34. The van der Waals surface area contributed by atoms with E-state index < -0.39 is 0 Å². The predicted octanol–water partition coefficient (Wildman–Crippen LogP) is 5.21. The standard InChI is InChI=1S/C23H20BN/c24-23(20-11-12-21(23)14-20)19-9-6-16(7-10-19)18-8-13-22(25-15-18)17-4-2-1-3-5-17/h1-10,13,15,20-21H,11-12,14H2. The first kappa shape index (κ1) is 15.0. The molecule has 2 atom stereocenters. The first-order chi connectivity index (χ1) is 12.2. The Labute approximate surface area is 150 Å². The summed E-state index contributed by atoms with van der Waals surface area (Å²) in [5.41, 5.74) is 5.81. The van der Waals surface area contributed by atoms with Crippen LogP contribution in [0.2, 0.25) is 0 Å². The Morgan fingerprint density at radius 1 is 0.760 bits per heavy atom. The average molecular weight is 321 g/mol. The van der Waals surface area contributed by atoms with E-state index in [1.807, 2.05) is 24.4 Å². The van der Waals surface area contributed by atoms with Crippen molar-refractivity contribution in [2.75, 3.05) is 0 Å². The molecule has 6 rings (SSSR count). The molecule has 3 aliphatic carbocycles. The van der Waals surface area contributed by atoms with Crippen molar-refractivity contribution in [2.24, 2.45) is 11.8 Å². The van der Waals surface area contributed by atoms with Crippen LogP contribution < -0.4 is 0 Å². The lowest BCUT2D eigenvalue weighted by Gasteiger charge is -2.48. The monoisotopic (exact) mass is 321 g/mol. The maximum absolute atomic E-state index is 6.73. The van der Waals surface area contributed by atoms with Crippen LogP contribution in [0.25, 0.3) is 22.4 Å². The lowest BCUT2D eigenvalue weighted by molar-refractivity contribution is 0.191. The predicted molar refractivity (Wildman–Crippen MR) is 103 cm³/mol. The molecule has 2 unspecified atom stereocenters. The second kappa shape index (κ2) is 5.59. The number of hydrogen-bond acceptors (Lipinski definition) is 1. The van der Waals surface area contributed by atoms with Crippen LogP contribution in [0.5, 0.6) is 0 Å². The van der Waals surface area contributed by atoms with E-state index in [1.165, 1.54) is 30.4 Å². The third kappa shape index (κ3) is 2.27. The van der Waals surface area contributed by atoms with Crippen LogP contribution >= 0.6 is 0 Å². The summed E-state index contributed by atoms with van der Waals surface area (Å²) in [6.45, 7) is 0. The van der Waals surface area contributed by atoms with Crippen LogP contribution in [0.1, 0.15) is 24.8 Å².